The zero-order valence-corrected chi connectivity index (χ0v) is 9.73. The highest BCUT2D eigenvalue weighted by atomic mass is 79.9. The molecule has 1 amide bonds. The monoisotopic (exact) mass is 315 g/mol. The van der Waals surface area contributed by atoms with Gasteiger partial charge < -0.3 is 0 Å². The standard InChI is InChI=1S/C9H6BrF4NO2/c10-6-3-5(1-2-7(6)11)8(16)15-17-4-9(12,13)14/h1-3H,4H2,(H,15,16). The van der Waals surface area contributed by atoms with Crippen molar-refractivity contribution in [3.05, 3.63) is 34.1 Å². The number of carbonyl (C=O) groups is 1. The summed E-state index contributed by atoms with van der Waals surface area (Å²) in [6.45, 7) is -1.60. The number of amides is 1. The lowest BCUT2D eigenvalue weighted by Gasteiger charge is -2.08. The molecule has 0 aliphatic rings. The van der Waals surface area contributed by atoms with E-state index in [9.17, 15) is 22.4 Å². The van der Waals surface area contributed by atoms with Crippen LogP contribution in [0.1, 0.15) is 10.4 Å². The first-order valence-electron chi connectivity index (χ1n) is 4.23. The van der Waals surface area contributed by atoms with Gasteiger partial charge in [-0.25, -0.2) is 9.87 Å². The molecule has 0 heterocycles. The van der Waals surface area contributed by atoms with Crippen LogP contribution in [0.4, 0.5) is 17.6 Å². The van der Waals surface area contributed by atoms with E-state index in [-0.39, 0.29) is 10.0 Å². The van der Waals surface area contributed by atoms with E-state index in [2.05, 4.69) is 20.8 Å². The van der Waals surface area contributed by atoms with E-state index in [1.807, 2.05) is 0 Å². The van der Waals surface area contributed by atoms with Crippen molar-refractivity contribution in [2.75, 3.05) is 6.61 Å². The van der Waals surface area contributed by atoms with Gasteiger partial charge in [-0.3, -0.25) is 9.63 Å². The Hall–Kier alpha value is -1.15. The molecule has 94 valence electrons. The minimum Gasteiger partial charge on any atom is -0.267 e. The minimum absolute atomic E-state index is 0.0274. The molecular formula is C9H6BrF4NO2. The Morgan fingerprint density at radius 2 is 2.06 bits per heavy atom. The van der Waals surface area contributed by atoms with Crippen LogP contribution in [0.25, 0.3) is 0 Å². The molecule has 3 nitrogen and oxygen atoms in total. The highest BCUT2D eigenvalue weighted by molar-refractivity contribution is 9.10. The van der Waals surface area contributed by atoms with Crippen LogP contribution < -0.4 is 5.48 Å². The maximum absolute atomic E-state index is 12.8. The summed E-state index contributed by atoms with van der Waals surface area (Å²) >= 11 is 2.84. The van der Waals surface area contributed by atoms with Gasteiger partial charge in [-0.15, -0.1) is 0 Å². The Balaban J connectivity index is 2.56. The van der Waals surface area contributed by atoms with E-state index in [1.54, 1.807) is 5.48 Å². The number of hydrogen-bond donors (Lipinski definition) is 1. The third kappa shape index (κ3) is 4.70. The molecule has 0 aliphatic carbocycles. The molecule has 1 rings (SSSR count). The molecule has 1 aromatic carbocycles. The fraction of sp³-hybridized carbons (Fsp3) is 0.222. The predicted molar refractivity (Wildman–Crippen MR) is 53.6 cm³/mol. The van der Waals surface area contributed by atoms with Gasteiger partial charge in [-0.05, 0) is 34.1 Å². The molecule has 0 unspecified atom stereocenters. The number of hydrogen-bond acceptors (Lipinski definition) is 2. The summed E-state index contributed by atoms with van der Waals surface area (Å²) in [6.07, 6.45) is -4.53. The molecule has 0 bridgehead atoms. The summed E-state index contributed by atoms with van der Waals surface area (Å²) in [6, 6.07) is 3.25. The number of rotatable bonds is 3. The van der Waals surface area contributed by atoms with Crippen LogP contribution in [-0.2, 0) is 4.84 Å². The van der Waals surface area contributed by atoms with Crippen LogP contribution in [0.5, 0.6) is 0 Å². The van der Waals surface area contributed by atoms with E-state index < -0.39 is 24.5 Å². The maximum Gasteiger partial charge on any atom is 0.414 e. The number of hydroxylamine groups is 1. The molecule has 0 aromatic heterocycles. The lowest BCUT2D eigenvalue weighted by atomic mass is 10.2. The lowest BCUT2D eigenvalue weighted by Crippen LogP contribution is -2.29. The van der Waals surface area contributed by atoms with Crippen molar-refractivity contribution in [1.82, 2.24) is 5.48 Å². The van der Waals surface area contributed by atoms with E-state index >= 15 is 0 Å². The van der Waals surface area contributed by atoms with E-state index in [0.29, 0.717) is 0 Å². The summed E-state index contributed by atoms with van der Waals surface area (Å²) in [5.41, 5.74) is 1.57. The van der Waals surface area contributed by atoms with Crippen molar-refractivity contribution in [2.45, 2.75) is 6.18 Å². The number of halogens is 5. The Morgan fingerprint density at radius 3 is 2.59 bits per heavy atom. The van der Waals surface area contributed by atoms with Crippen LogP contribution in [0.2, 0.25) is 0 Å². The van der Waals surface area contributed by atoms with Crippen molar-refractivity contribution >= 4 is 21.8 Å². The van der Waals surface area contributed by atoms with Gasteiger partial charge in [-0.1, -0.05) is 0 Å². The van der Waals surface area contributed by atoms with Crippen molar-refractivity contribution in [3.63, 3.8) is 0 Å². The first-order chi connectivity index (χ1) is 7.79. The average Bonchev–Trinajstić information content (AvgIpc) is 2.20. The highest BCUT2D eigenvalue weighted by Gasteiger charge is 2.28. The fourth-order valence-corrected chi connectivity index (χ4v) is 1.26. The van der Waals surface area contributed by atoms with Gasteiger partial charge in [0.25, 0.3) is 5.91 Å². The molecule has 0 atom stereocenters. The Labute approximate surface area is 102 Å². The second kappa shape index (κ2) is 5.46. The molecule has 1 N–H and O–H groups in total. The van der Waals surface area contributed by atoms with Crippen LogP contribution >= 0.6 is 15.9 Å². The number of alkyl halides is 3. The number of nitrogens with one attached hydrogen (secondary N) is 1. The minimum atomic E-state index is -4.53. The van der Waals surface area contributed by atoms with Gasteiger partial charge in [0.05, 0.1) is 4.47 Å². The summed E-state index contributed by atoms with van der Waals surface area (Å²) in [5, 5.41) is 0. The normalized spacial score (nSPS) is 11.4. The van der Waals surface area contributed by atoms with Crippen molar-refractivity contribution in [2.24, 2.45) is 0 Å². The maximum atomic E-state index is 12.8. The number of carbonyl (C=O) groups excluding carboxylic acids is 1. The lowest BCUT2D eigenvalue weighted by molar-refractivity contribution is -0.184. The zero-order valence-electron chi connectivity index (χ0n) is 8.15. The van der Waals surface area contributed by atoms with Gasteiger partial charge in [0.2, 0.25) is 0 Å². The van der Waals surface area contributed by atoms with E-state index in [4.69, 9.17) is 0 Å². The first kappa shape index (κ1) is 13.9. The van der Waals surface area contributed by atoms with Crippen molar-refractivity contribution < 1.29 is 27.2 Å². The second-order valence-electron chi connectivity index (χ2n) is 2.96. The SMILES string of the molecule is O=C(NOCC(F)(F)F)c1ccc(F)c(Br)c1. The van der Waals surface area contributed by atoms with E-state index in [0.717, 1.165) is 18.2 Å². The smallest absolute Gasteiger partial charge is 0.267 e. The van der Waals surface area contributed by atoms with Crippen LogP contribution in [-0.4, -0.2) is 18.7 Å². The first-order valence-corrected chi connectivity index (χ1v) is 5.03. The third-order valence-corrected chi connectivity index (χ3v) is 2.19. The highest BCUT2D eigenvalue weighted by Crippen LogP contribution is 2.17. The molecule has 0 spiro atoms. The van der Waals surface area contributed by atoms with Crippen molar-refractivity contribution in [3.8, 4) is 0 Å². The Kier molecular flexibility index (Phi) is 4.47. The largest absolute Gasteiger partial charge is 0.414 e. The molecule has 0 aliphatic heterocycles. The third-order valence-electron chi connectivity index (χ3n) is 1.58. The molecule has 0 radical (unpaired) electrons. The summed E-state index contributed by atoms with van der Waals surface area (Å²) < 4.78 is 47.9. The van der Waals surface area contributed by atoms with Gasteiger partial charge in [0.15, 0.2) is 6.61 Å². The van der Waals surface area contributed by atoms with Crippen LogP contribution in [0, 0.1) is 5.82 Å². The summed E-state index contributed by atoms with van der Waals surface area (Å²) in [4.78, 5) is 15.2. The molecule has 0 saturated heterocycles. The van der Waals surface area contributed by atoms with Gasteiger partial charge in [-0.2, -0.15) is 13.2 Å². The quantitative estimate of drug-likeness (QED) is 0.688. The zero-order chi connectivity index (χ0) is 13.1. The molecule has 0 saturated carbocycles. The summed E-state index contributed by atoms with van der Waals surface area (Å²) in [5.74, 6) is -1.48. The molecule has 0 fully saturated rings. The molecular weight excluding hydrogens is 310 g/mol. The van der Waals surface area contributed by atoms with Crippen LogP contribution in [0.3, 0.4) is 0 Å². The van der Waals surface area contributed by atoms with Gasteiger partial charge in [0, 0.05) is 5.56 Å². The van der Waals surface area contributed by atoms with E-state index in [1.165, 1.54) is 0 Å². The molecule has 1 aromatic rings. The Bertz CT molecular complexity index is 422. The second-order valence-corrected chi connectivity index (χ2v) is 3.82. The number of benzene rings is 1. The topological polar surface area (TPSA) is 38.3 Å². The fourth-order valence-electron chi connectivity index (χ4n) is 0.880. The summed E-state index contributed by atoms with van der Waals surface area (Å²) in [7, 11) is 0. The van der Waals surface area contributed by atoms with Gasteiger partial charge >= 0.3 is 6.18 Å². The predicted octanol–water partition coefficient (Wildman–Crippen LogP) is 2.81. The van der Waals surface area contributed by atoms with Gasteiger partial charge in [0.1, 0.15) is 5.82 Å². The Morgan fingerprint density at radius 1 is 1.41 bits per heavy atom. The molecule has 8 heteroatoms. The van der Waals surface area contributed by atoms with Crippen molar-refractivity contribution in [1.29, 1.82) is 0 Å². The molecule has 17 heavy (non-hydrogen) atoms. The van der Waals surface area contributed by atoms with Crippen LogP contribution in [0.15, 0.2) is 22.7 Å². The average molecular weight is 316 g/mol.